The summed E-state index contributed by atoms with van der Waals surface area (Å²) in [5.41, 5.74) is 0.691. The van der Waals surface area contributed by atoms with Crippen molar-refractivity contribution in [2.75, 3.05) is 39.5 Å². The number of likely N-dealkylation sites (tertiary alicyclic amines) is 1. The minimum absolute atomic E-state index is 0.309. The molecule has 1 saturated heterocycles. The number of hydrogen-bond acceptors (Lipinski definition) is 4. The molecule has 1 aliphatic heterocycles. The van der Waals surface area contributed by atoms with Crippen molar-refractivity contribution in [3.8, 4) is 0 Å². The summed E-state index contributed by atoms with van der Waals surface area (Å²) in [7, 11) is 1.77. The molecule has 1 atom stereocenters. The maximum Gasteiger partial charge on any atom is 0.244 e. The molecule has 0 amide bonds. The van der Waals surface area contributed by atoms with Gasteiger partial charge in [0.25, 0.3) is 0 Å². The van der Waals surface area contributed by atoms with Gasteiger partial charge in [-0.3, -0.25) is 0 Å². The summed E-state index contributed by atoms with van der Waals surface area (Å²) in [6, 6.07) is 7.40. The first-order valence-corrected chi connectivity index (χ1v) is 7.82. The van der Waals surface area contributed by atoms with Crippen LogP contribution in [-0.2, 0) is 10.0 Å². The van der Waals surface area contributed by atoms with Gasteiger partial charge in [0.1, 0.15) is 4.90 Å². The number of likely N-dealkylation sites (N-methyl/N-ethyl adjacent to an activating group) is 1. The summed E-state index contributed by atoms with van der Waals surface area (Å²) in [5.74, 6) is 0. The highest BCUT2D eigenvalue weighted by atomic mass is 32.2. The lowest BCUT2D eigenvalue weighted by atomic mass is 10.2. The Morgan fingerprint density at radius 1 is 1.32 bits per heavy atom. The van der Waals surface area contributed by atoms with E-state index in [1.54, 1.807) is 26.2 Å². The number of para-hydroxylation sites is 1. The molecule has 0 radical (unpaired) electrons. The minimum Gasteiger partial charge on any atom is -0.380 e. The van der Waals surface area contributed by atoms with E-state index in [1.807, 2.05) is 12.1 Å². The SMILES string of the molecule is CN1CCC(Nc2ccccc2S(=O)(=O)N(C)C)C1. The largest absolute Gasteiger partial charge is 0.380 e. The lowest BCUT2D eigenvalue weighted by Crippen LogP contribution is -2.27. The predicted molar refractivity (Wildman–Crippen MR) is 76.8 cm³/mol. The minimum atomic E-state index is -3.41. The number of hydrogen-bond donors (Lipinski definition) is 1. The van der Waals surface area contributed by atoms with Gasteiger partial charge in [-0.15, -0.1) is 0 Å². The molecule has 2 rings (SSSR count). The van der Waals surface area contributed by atoms with Crippen molar-refractivity contribution >= 4 is 15.7 Å². The number of nitrogens with one attached hydrogen (secondary N) is 1. The normalized spacial score (nSPS) is 20.9. The van der Waals surface area contributed by atoms with Gasteiger partial charge in [-0.1, -0.05) is 12.1 Å². The van der Waals surface area contributed by atoms with E-state index in [-0.39, 0.29) is 0 Å². The van der Waals surface area contributed by atoms with E-state index in [0.717, 1.165) is 19.5 Å². The van der Waals surface area contributed by atoms with Crippen LogP contribution in [0.3, 0.4) is 0 Å². The van der Waals surface area contributed by atoms with Crippen LogP contribution in [0.15, 0.2) is 29.2 Å². The van der Waals surface area contributed by atoms with Gasteiger partial charge >= 0.3 is 0 Å². The van der Waals surface area contributed by atoms with Crippen molar-refractivity contribution in [1.82, 2.24) is 9.21 Å². The van der Waals surface area contributed by atoms with Crippen LogP contribution in [0.5, 0.6) is 0 Å². The van der Waals surface area contributed by atoms with Crippen LogP contribution in [0.25, 0.3) is 0 Å². The molecule has 6 heteroatoms. The molecule has 1 aliphatic rings. The van der Waals surface area contributed by atoms with E-state index in [9.17, 15) is 8.42 Å². The molecule has 1 heterocycles. The van der Waals surface area contributed by atoms with Crippen molar-refractivity contribution in [1.29, 1.82) is 0 Å². The van der Waals surface area contributed by atoms with Crippen molar-refractivity contribution in [2.24, 2.45) is 0 Å². The molecule has 5 nitrogen and oxygen atoms in total. The van der Waals surface area contributed by atoms with Gasteiger partial charge in [0.05, 0.1) is 5.69 Å². The molecule has 1 unspecified atom stereocenters. The third-order valence-corrected chi connectivity index (χ3v) is 5.27. The van der Waals surface area contributed by atoms with Gasteiger partial charge < -0.3 is 10.2 Å². The van der Waals surface area contributed by atoms with E-state index in [0.29, 0.717) is 16.6 Å². The molecular weight excluding hydrogens is 262 g/mol. The van der Waals surface area contributed by atoms with Crippen LogP contribution in [-0.4, -0.2) is 57.9 Å². The summed E-state index contributed by atoms with van der Waals surface area (Å²) < 4.78 is 25.8. The fourth-order valence-electron chi connectivity index (χ4n) is 2.28. The topological polar surface area (TPSA) is 52.7 Å². The zero-order chi connectivity index (χ0) is 14.0. The molecule has 0 aromatic heterocycles. The van der Waals surface area contributed by atoms with Gasteiger partial charge in [-0.25, -0.2) is 12.7 Å². The van der Waals surface area contributed by atoms with Crippen molar-refractivity contribution in [3.05, 3.63) is 24.3 Å². The molecule has 0 spiro atoms. The van der Waals surface area contributed by atoms with Gasteiger partial charge in [0.2, 0.25) is 10.0 Å². The number of benzene rings is 1. The standard InChI is InChI=1S/C13H21N3O2S/c1-15(2)19(17,18)13-7-5-4-6-12(13)14-11-8-9-16(3)10-11/h4-7,11,14H,8-10H2,1-3H3. The van der Waals surface area contributed by atoms with E-state index in [1.165, 1.54) is 4.31 Å². The molecule has 1 fully saturated rings. The zero-order valence-corrected chi connectivity index (χ0v) is 12.4. The van der Waals surface area contributed by atoms with Crippen LogP contribution in [0.2, 0.25) is 0 Å². The maximum atomic E-state index is 12.3. The third-order valence-electron chi connectivity index (χ3n) is 3.40. The van der Waals surface area contributed by atoms with Crippen molar-refractivity contribution in [2.45, 2.75) is 17.4 Å². The monoisotopic (exact) mass is 283 g/mol. The smallest absolute Gasteiger partial charge is 0.244 e. The number of nitrogens with zero attached hydrogens (tertiary/aromatic N) is 2. The number of anilines is 1. The lowest BCUT2D eigenvalue weighted by Gasteiger charge is -2.19. The molecular formula is C13H21N3O2S. The van der Waals surface area contributed by atoms with Gasteiger partial charge in [-0.05, 0) is 32.1 Å². The number of rotatable bonds is 4. The molecule has 1 aromatic rings. The molecule has 19 heavy (non-hydrogen) atoms. The van der Waals surface area contributed by atoms with Crippen LogP contribution in [0.4, 0.5) is 5.69 Å². The Hall–Kier alpha value is -1.11. The Morgan fingerprint density at radius 3 is 2.58 bits per heavy atom. The second-order valence-corrected chi connectivity index (χ2v) is 7.30. The second-order valence-electron chi connectivity index (χ2n) is 5.18. The van der Waals surface area contributed by atoms with Gasteiger partial charge in [0.15, 0.2) is 0 Å². The third kappa shape index (κ3) is 3.08. The Morgan fingerprint density at radius 2 is 2.00 bits per heavy atom. The van der Waals surface area contributed by atoms with Crippen LogP contribution < -0.4 is 5.32 Å². The van der Waals surface area contributed by atoms with Crippen molar-refractivity contribution in [3.63, 3.8) is 0 Å². The van der Waals surface area contributed by atoms with Crippen LogP contribution in [0.1, 0.15) is 6.42 Å². The highest BCUT2D eigenvalue weighted by Gasteiger charge is 2.24. The Labute approximate surface area is 115 Å². The highest BCUT2D eigenvalue weighted by molar-refractivity contribution is 7.89. The maximum absolute atomic E-state index is 12.3. The average Bonchev–Trinajstić information content (AvgIpc) is 2.75. The first kappa shape index (κ1) is 14.3. The predicted octanol–water partition coefficient (Wildman–Crippen LogP) is 1.05. The van der Waals surface area contributed by atoms with Gasteiger partial charge in [-0.2, -0.15) is 0 Å². The summed E-state index contributed by atoms with van der Waals surface area (Å²) >= 11 is 0. The fraction of sp³-hybridized carbons (Fsp3) is 0.538. The zero-order valence-electron chi connectivity index (χ0n) is 11.6. The van der Waals surface area contributed by atoms with E-state index < -0.39 is 10.0 Å². The van der Waals surface area contributed by atoms with E-state index >= 15 is 0 Å². The Kier molecular flexibility index (Phi) is 4.13. The first-order chi connectivity index (χ1) is 8.91. The van der Waals surface area contributed by atoms with Crippen molar-refractivity contribution < 1.29 is 8.42 Å². The average molecular weight is 283 g/mol. The molecule has 106 valence electrons. The lowest BCUT2D eigenvalue weighted by molar-refractivity contribution is 0.414. The fourth-order valence-corrected chi connectivity index (χ4v) is 3.33. The summed E-state index contributed by atoms with van der Waals surface area (Å²) in [5, 5.41) is 3.35. The van der Waals surface area contributed by atoms with Crippen LogP contribution in [0, 0.1) is 0 Å². The molecule has 0 bridgehead atoms. The summed E-state index contributed by atoms with van der Waals surface area (Å²) in [6.07, 6.45) is 1.03. The molecule has 1 aromatic carbocycles. The van der Waals surface area contributed by atoms with E-state index in [4.69, 9.17) is 0 Å². The van der Waals surface area contributed by atoms with Crippen LogP contribution >= 0.6 is 0 Å². The van der Waals surface area contributed by atoms with Gasteiger partial charge in [0, 0.05) is 26.7 Å². The van der Waals surface area contributed by atoms with E-state index in [2.05, 4.69) is 17.3 Å². The second kappa shape index (κ2) is 5.48. The molecule has 0 saturated carbocycles. The summed E-state index contributed by atoms with van der Waals surface area (Å²) in [6.45, 7) is 1.98. The Balaban J connectivity index is 2.27. The highest BCUT2D eigenvalue weighted by Crippen LogP contribution is 2.25. The first-order valence-electron chi connectivity index (χ1n) is 6.38. The molecule has 1 N–H and O–H groups in total. The molecule has 0 aliphatic carbocycles. The number of sulfonamides is 1. The summed E-state index contributed by atoms with van der Waals surface area (Å²) in [4.78, 5) is 2.58. The Bertz CT molecular complexity index is 543. The quantitative estimate of drug-likeness (QED) is 0.897.